The fourth-order valence-electron chi connectivity index (χ4n) is 2.93. The summed E-state index contributed by atoms with van der Waals surface area (Å²) in [7, 11) is 0. The van der Waals surface area contributed by atoms with Gasteiger partial charge >= 0.3 is 0 Å². The molecule has 4 heterocycles. The first kappa shape index (κ1) is 10.1. The standard InChI is InChI=1S/C13H18N2O/c1-9-7-13(16-14-9)10(2)12-8-15-5-3-11(12)4-6-15/h7,11H,3-6,8H2,1-2H3/b12-10+. The predicted octanol–water partition coefficient (Wildman–Crippen LogP) is 2.48. The van der Waals surface area contributed by atoms with Crippen LogP contribution >= 0.6 is 0 Å². The van der Waals surface area contributed by atoms with Gasteiger partial charge in [-0.3, -0.25) is 4.90 Å². The molecule has 0 aromatic carbocycles. The molecule has 3 heteroatoms. The molecular weight excluding hydrogens is 200 g/mol. The lowest BCUT2D eigenvalue weighted by Gasteiger charge is -2.41. The number of nitrogens with zero attached hydrogens (tertiary/aromatic N) is 2. The molecule has 16 heavy (non-hydrogen) atoms. The van der Waals surface area contributed by atoms with Gasteiger partial charge < -0.3 is 4.52 Å². The van der Waals surface area contributed by atoms with E-state index in [1.54, 1.807) is 5.57 Å². The Balaban J connectivity index is 1.95. The van der Waals surface area contributed by atoms with Crippen molar-refractivity contribution in [1.82, 2.24) is 10.1 Å². The van der Waals surface area contributed by atoms with Gasteiger partial charge in [-0.2, -0.15) is 0 Å². The van der Waals surface area contributed by atoms with Crippen molar-refractivity contribution in [3.63, 3.8) is 0 Å². The number of allylic oxidation sites excluding steroid dienone is 1. The van der Waals surface area contributed by atoms with Crippen molar-refractivity contribution in [2.75, 3.05) is 19.6 Å². The third kappa shape index (κ3) is 1.59. The molecule has 2 bridgehead atoms. The minimum absolute atomic E-state index is 0.787. The molecule has 0 atom stereocenters. The van der Waals surface area contributed by atoms with Crippen molar-refractivity contribution in [2.24, 2.45) is 5.92 Å². The highest BCUT2D eigenvalue weighted by molar-refractivity contribution is 5.64. The van der Waals surface area contributed by atoms with E-state index in [4.69, 9.17) is 4.52 Å². The van der Waals surface area contributed by atoms with E-state index in [1.165, 1.54) is 31.5 Å². The zero-order chi connectivity index (χ0) is 11.1. The van der Waals surface area contributed by atoms with E-state index in [1.807, 2.05) is 13.0 Å². The summed E-state index contributed by atoms with van der Waals surface area (Å²) in [5.41, 5.74) is 3.86. The molecule has 4 rings (SSSR count). The Kier molecular flexibility index (Phi) is 2.36. The van der Waals surface area contributed by atoms with Crippen molar-refractivity contribution < 1.29 is 4.52 Å². The highest BCUT2D eigenvalue weighted by Crippen LogP contribution is 2.36. The molecule has 3 fully saturated rings. The molecule has 0 spiro atoms. The monoisotopic (exact) mass is 218 g/mol. The lowest BCUT2D eigenvalue weighted by Crippen LogP contribution is -2.43. The molecule has 3 aliphatic rings. The molecular formula is C13H18N2O. The highest BCUT2D eigenvalue weighted by atomic mass is 16.5. The lowest BCUT2D eigenvalue weighted by molar-refractivity contribution is 0.162. The average molecular weight is 218 g/mol. The fraction of sp³-hybridized carbons (Fsp3) is 0.615. The Morgan fingerprint density at radius 3 is 2.69 bits per heavy atom. The third-order valence-electron chi connectivity index (χ3n) is 3.95. The Morgan fingerprint density at radius 2 is 2.19 bits per heavy atom. The van der Waals surface area contributed by atoms with Crippen LogP contribution in [-0.4, -0.2) is 29.7 Å². The molecule has 3 nitrogen and oxygen atoms in total. The minimum atomic E-state index is 0.787. The van der Waals surface area contributed by atoms with Gasteiger partial charge in [0.15, 0.2) is 5.76 Å². The van der Waals surface area contributed by atoms with Crippen LogP contribution in [-0.2, 0) is 0 Å². The number of hydrogen-bond acceptors (Lipinski definition) is 3. The summed E-state index contributed by atoms with van der Waals surface area (Å²) in [5, 5.41) is 3.97. The second-order valence-electron chi connectivity index (χ2n) is 5.03. The van der Waals surface area contributed by atoms with Gasteiger partial charge in [0.1, 0.15) is 0 Å². The van der Waals surface area contributed by atoms with Crippen molar-refractivity contribution in [1.29, 1.82) is 0 Å². The summed E-state index contributed by atoms with van der Waals surface area (Å²) in [6.45, 7) is 7.84. The SMILES string of the molecule is C/C(=C1/CN2CCC1CC2)c1cc(C)no1. The van der Waals surface area contributed by atoms with Gasteiger partial charge in [-0.25, -0.2) is 0 Å². The van der Waals surface area contributed by atoms with Crippen molar-refractivity contribution in [3.05, 3.63) is 23.1 Å². The van der Waals surface area contributed by atoms with Gasteiger partial charge in [0.2, 0.25) is 0 Å². The van der Waals surface area contributed by atoms with Crippen LogP contribution < -0.4 is 0 Å². The normalized spacial score (nSPS) is 31.9. The topological polar surface area (TPSA) is 29.3 Å². The van der Waals surface area contributed by atoms with Crippen molar-refractivity contribution in [3.8, 4) is 0 Å². The van der Waals surface area contributed by atoms with E-state index in [9.17, 15) is 0 Å². The molecule has 1 aromatic heterocycles. The van der Waals surface area contributed by atoms with Crippen LogP contribution in [0.25, 0.3) is 5.57 Å². The Bertz CT molecular complexity index is 425. The second kappa shape index (κ2) is 3.74. The van der Waals surface area contributed by atoms with Gasteiger partial charge in [-0.05, 0) is 56.8 Å². The number of aryl methyl sites for hydroxylation is 1. The molecule has 0 amide bonds. The molecule has 3 aliphatic heterocycles. The summed E-state index contributed by atoms with van der Waals surface area (Å²) in [4.78, 5) is 2.54. The van der Waals surface area contributed by atoms with Crippen molar-refractivity contribution in [2.45, 2.75) is 26.7 Å². The van der Waals surface area contributed by atoms with E-state index in [0.717, 1.165) is 23.9 Å². The van der Waals surface area contributed by atoms with Crippen LogP contribution in [0, 0.1) is 12.8 Å². The number of hydrogen-bond donors (Lipinski definition) is 0. The van der Waals surface area contributed by atoms with Crippen molar-refractivity contribution >= 4 is 5.57 Å². The largest absolute Gasteiger partial charge is 0.356 e. The number of aromatic nitrogens is 1. The van der Waals surface area contributed by atoms with Crippen LogP contribution in [0.3, 0.4) is 0 Å². The zero-order valence-electron chi connectivity index (χ0n) is 9.99. The summed E-state index contributed by atoms with van der Waals surface area (Å²) in [6, 6.07) is 2.04. The molecule has 0 N–H and O–H groups in total. The molecule has 86 valence electrons. The molecule has 3 saturated heterocycles. The first-order valence-electron chi connectivity index (χ1n) is 6.10. The maximum absolute atomic E-state index is 5.36. The first-order chi connectivity index (χ1) is 7.74. The number of rotatable bonds is 1. The van der Waals surface area contributed by atoms with E-state index in [0.29, 0.717) is 0 Å². The van der Waals surface area contributed by atoms with Crippen LogP contribution in [0.4, 0.5) is 0 Å². The second-order valence-corrected chi connectivity index (χ2v) is 5.03. The molecule has 0 saturated carbocycles. The van der Waals surface area contributed by atoms with Gasteiger partial charge in [0.05, 0.1) is 5.69 Å². The van der Waals surface area contributed by atoms with E-state index < -0.39 is 0 Å². The van der Waals surface area contributed by atoms with Crippen LogP contribution in [0.15, 0.2) is 16.2 Å². The molecule has 1 aromatic rings. The Hall–Kier alpha value is -1.09. The average Bonchev–Trinajstić information content (AvgIpc) is 2.76. The molecule has 0 unspecified atom stereocenters. The number of fused-ring (bicyclic) bond motifs is 3. The van der Waals surface area contributed by atoms with Crippen LogP contribution in [0.1, 0.15) is 31.2 Å². The Labute approximate surface area is 96.1 Å². The smallest absolute Gasteiger partial charge is 0.162 e. The minimum Gasteiger partial charge on any atom is -0.356 e. The van der Waals surface area contributed by atoms with E-state index in [-0.39, 0.29) is 0 Å². The lowest BCUT2D eigenvalue weighted by atomic mass is 9.81. The maximum Gasteiger partial charge on any atom is 0.162 e. The van der Waals surface area contributed by atoms with Gasteiger partial charge in [0, 0.05) is 12.6 Å². The molecule has 0 aliphatic carbocycles. The van der Waals surface area contributed by atoms with E-state index in [2.05, 4.69) is 17.0 Å². The number of piperidine rings is 3. The Morgan fingerprint density at radius 1 is 1.44 bits per heavy atom. The van der Waals surface area contributed by atoms with Gasteiger partial charge in [0.25, 0.3) is 0 Å². The first-order valence-corrected chi connectivity index (χ1v) is 6.10. The van der Waals surface area contributed by atoms with Crippen LogP contribution in [0.2, 0.25) is 0 Å². The zero-order valence-corrected chi connectivity index (χ0v) is 9.99. The fourth-order valence-corrected chi connectivity index (χ4v) is 2.93. The van der Waals surface area contributed by atoms with Gasteiger partial charge in [-0.1, -0.05) is 5.16 Å². The summed E-state index contributed by atoms with van der Waals surface area (Å²) in [5.74, 6) is 1.75. The summed E-state index contributed by atoms with van der Waals surface area (Å²) < 4.78 is 5.36. The predicted molar refractivity (Wildman–Crippen MR) is 63.0 cm³/mol. The maximum atomic E-state index is 5.36. The van der Waals surface area contributed by atoms with Gasteiger partial charge in [-0.15, -0.1) is 0 Å². The third-order valence-corrected chi connectivity index (χ3v) is 3.95. The quantitative estimate of drug-likeness (QED) is 0.725. The highest BCUT2D eigenvalue weighted by Gasteiger charge is 2.31. The summed E-state index contributed by atoms with van der Waals surface area (Å²) in [6.07, 6.45) is 2.64. The molecule has 0 radical (unpaired) electrons. The summed E-state index contributed by atoms with van der Waals surface area (Å²) >= 11 is 0. The van der Waals surface area contributed by atoms with Crippen LogP contribution in [0.5, 0.6) is 0 Å². The van der Waals surface area contributed by atoms with E-state index >= 15 is 0 Å².